The summed E-state index contributed by atoms with van der Waals surface area (Å²) in [6, 6.07) is -0.264. The molecular weight excluding hydrogens is 270 g/mol. The molecule has 1 saturated heterocycles. The fraction of sp³-hybridized carbons (Fsp3) is 0.643. The van der Waals surface area contributed by atoms with Gasteiger partial charge in [0.15, 0.2) is 0 Å². The summed E-state index contributed by atoms with van der Waals surface area (Å²) in [6.45, 7) is 7.44. The molecular formula is C14H23N5O2. The van der Waals surface area contributed by atoms with Crippen LogP contribution in [-0.2, 0) is 9.53 Å². The molecule has 0 bridgehead atoms. The van der Waals surface area contributed by atoms with Gasteiger partial charge in [-0.2, -0.15) is 0 Å². The SMILES string of the molecule is CNc1ncnc(N2CCOCC2C(=O)NC(C)C)c1C. The third-order valence-electron chi connectivity index (χ3n) is 3.43. The summed E-state index contributed by atoms with van der Waals surface area (Å²) < 4.78 is 5.47. The van der Waals surface area contributed by atoms with Crippen molar-refractivity contribution in [3.63, 3.8) is 0 Å². The molecule has 21 heavy (non-hydrogen) atoms. The van der Waals surface area contributed by atoms with Gasteiger partial charge in [0.1, 0.15) is 24.0 Å². The minimum absolute atomic E-state index is 0.0336. The second-order valence-electron chi connectivity index (χ2n) is 5.37. The van der Waals surface area contributed by atoms with E-state index in [4.69, 9.17) is 4.74 Å². The molecule has 116 valence electrons. The number of hydrogen-bond donors (Lipinski definition) is 2. The van der Waals surface area contributed by atoms with Crippen LogP contribution in [0.2, 0.25) is 0 Å². The molecule has 0 saturated carbocycles. The lowest BCUT2D eigenvalue weighted by molar-refractivity contribution is -0.125. The minimum atomic E-state index is -0.362. The Morgan fingerprint density at radius 1 is 1.48 bits per heavy atom. The van der Waals surface area contributed by atoms with Crippen LogP contribution in [0.25, 0.3) is 0 Å². The van der Waals surface area contributed by atoms with Gasteiger partial charge in [-0.15, -0.1) is 0 Å². The number of nitrogens with zero attached hydrogens (tertiary/aromatic N) is 3. The summed E-state index contributed by atoms with van der Waals surface area (Å²) in [6.07, 6.45) is 1.51. The van der Waals surface area contributed by atoms with Gasteiger partial charge in [-0.3, -0.25) is 4.79 Å². The number of rotatable bonds is 4. The van der Waals surface area contributed by atoms with Crippen molar-refractivity contribution < 1.29 is 9.53 Å². The molecule has 1 unspecified atom stereocenters. The monoisotopic (exact) mass is 293 g/mol. The number of amides is 1. The molecule has 2 heterocycles. The summed E-state index contributed by atoms with van der Waals surface area (Å²) in [4.78, 5) is 22.9. The second-order valence-corrected chi connectivity index (χ2v) is 5.37. The predicted molar refractivity (Wildman–Crippen MR) is 81.5 cm³/mol. The van der Waals surface area contributed by atoms with Gasteiger partial charge in [-0.1, -0.05) is 0 Å². The van der Waals surface area contributed by atoms with E-state index >= 15 is 0 Å². The average molecular weight is 293 g/mol. The van der Waals surface area contributed by atoms with E-state index in [1.807, 2.05) is 32.7 Å². The van der Waals surface area contributed by atoms with Crippen molar-refractivity contribution in [3.05, 3.63) is 11.9 Å². The van der Waals surface area contributed by atoms with Crippen LogP contribution in [0.3, 0.4) is 0 Å². The molecule has 1 amide bonds. The van der Waals surface area contributed by atoms with Crippen molar-refractivity contribution in [2.45, 2.75) is 32.9 Å². The van der Waals surface area contributed by atoms with Gasteiger partial charge >= 0.3 is 0 Å². The molecule has 1 aliphatic rings. The molecule has 0 spiro atoms. The lowest BCUT2D eigenvalue weighted by Gasteiger charge is -2.36. The zero-order valence-corrected chi connectivity index (χ0v) is 13.0. The highest BCUT2D eigenvalue weighted by Crippen LogP contribution is 2.25. The Balaban J connectivity index is 2.28. The molecule has 1 atom stereocenters. The van der Waals surface area contributed by atoms with E-state index in [0.717, 1.165) is 17.2 Å². The quantitative estimate of drug-likeness (QED) is 0.844. The second kappa shape index (κ2) is 6.71. The maximum atomic E-state index is 12.4. The first-order valence-electron chi connectivity index (χ1n) is 7.18. The van der Waals surface area contributed by atoms with Gasteiger partial charge in [-0.05, 0) is 20.8 Å². The molecule has 0 aliphatic carbocycles. The van der Waals surface area contributed by atoms with E-state index in [1.165, 1.54) is 6.33 Å². The number of aromatic nitrogens is 2. The Morgan fingerprint density at radius 3 is 2.90 bits per heavy atom. The summed E-state index contributed by atoms with van der Waals surface area (Å²) in [5.74, 6) is 1.52. The van der Waals surface area contributed by atoms with Crippen LogP contribution in [0, 0.1) is 6.92 Å². The smallest absolute Gasteiger partial charge is 0.245 e. The van der Waals surface area contributed by atoms with Gasteiger partial charge in [0.25, 0.3) is 0 Å². The van der Waals surface area contributed by atoms with Crippen molar-refractivity contribution >= 4 is 17.5 Å². The van der Waals surface area contributed by atoms with E-state index in [0.29, 0.717) is 19.8 Å². The number of hydrogen-bond acceptors (Lipinski definition) is 6. The van der Waals surface area contributed by atoms with Crippen molar-refractivity contribution in [1.29, 1.82) is 0 Å². The molecule has 1 fully saturated rings. The Bertz CT molecular complexity index is 506. The maximum Gasteiger partial charge on any atom is 0.245 e. The van der Waals surface area contributed by atoms with Crippen molar-refractivity contribution in [3.8, 4) is 0 Å². The number of anilines is 2. The average Bonchev–Trinajstić information content (AvgIpc) is 2.47. The van der Waals surface area contributed by atoms with Crippen LogP contribution in [0.4, 0.5) is 11.6 Å². The third-order valence-corrected chi connectivity index (χ3v) is 3.43. The number of morpholine rings is 1. The van der Waals surface area contributed by atoms with Crippen molar-refractivity contribution in [2.24, 2.45) is 0 Å². The first-order valence-corrected chi connectivity index (χ1v) is 7.18. The highest BCUT2D eigenvalue weighted by Gasteiger charge is 2.32. The molecule has 1 aromatic heterocycles. The maximum absolute atomic E-state index is 12.4. The van der Waals surface area contributed by atoms with E-state index in [2.05, 4.69) is 20.6 Å². The van der Waals surface area contributed by atoms with Crippen LogP contribution in [-0.4, -0.2) is 54.8 Å². The zero-order valence-electron chi connectivity index (χ0n) is 13.0. The Hall–Kier alpha value is -1.89. The van der Waals surface area contributed by atoms with Gasteiger partial charge in [0, 0.05) is 25.2 Å². The van der Waals surface area contributed by atoms with Crippen LogP contribution in [0.1, 0.15) is 19.4 Å². The minimum Gasteiger partial charge on any atom is -0.377 e. The standard InChI is InChI=1S/C14H23N5O2/c1-9(2)18-14(20)11-7-21-6-5-19(11)13-10(3)12(15-4)16-8-17-13/h8-9,11H,5-7H2,1-4H3,(H,18,20)(H,15,16,17). The molecule has 7 nitrogen and oxygen atoms in total. The largest absolute Gasteiger partial charge is 0.377 e. The Kier molecular flexibility index (Phi) is 4.95. The van der Waals surface area contributed by atoms with Crippen molar-refractivity contribution in [1.82, 2.24) is 15.3 Å². The van der Waals surface area contributed by atoms with Crippen LogP contribution < -0.4 is 15.5 Å². The fourth-order valence-electron chi connectivity index (χ4n) is 2.44. The number of nitrogens with one attached hydrogen (secondary N) is 2. The first-order chi connectivity index (χ1) is 10.0. The molecule has 0 aromatic carbocycles. The lowest BCUT2D eigenvalue weighted by atomic mass is 10.1. The predicted octanol–water partition coefficient (Wildman–Crippen LogP) is 0.557. The molecule has 1 aliphatic heterocycles. The normalized spacial score (nSPS) is 18.7. The third kappa shape index (κ3) is 3.41. The summed E-state index contributed by atoms with van der Waals surface area (Å²) in [5.41, 5.74) is 0.934. The van der Waals surface area contributed by atoms with Gasteiger partial charge < -0.3 is 20.3 Å². The number of carbonyl (C=O) groups excluding carboxylic acids is 1. The molecule has 2 N–H and O–H groups in total. The van der Waals surface area contributed by atoms with Crippen LogP contribution in [0.5, 0.6) is 0 Å². The van der Waals surface area contributed by atoms with Crippen molar-refractivity contribution in [2.75, 3.05) is 37.0 Å². The first kappa shape index (κ1) is 15.5. The number of carbonyl (C=O) groups is 1. The fourth-order valence-corrected chi connectivity index (χ4v) is 2.44. The molecule has 2 rings (SSSR count). The summed E-state index contributed by atoms with van der Waals surface area (Å²) in [7, 11) is 1.82. The van der Waals surface area contributed by atoms with Crippen LogP contribution >= 0.6 is 0 Å². The molecule has 1 aromatic rings. The lowest BCUT2D eigenvalue weighted by Crippen LogP contribution is -2.55. The van der Waals surface area contributed by atoms with E-state index in [-0.39, 0.29) is 18.0 Å². The Labute approximate surface area is 125 Å². The van der Waals surface area contributed by atoms with Gasteiger partial charge in [-0.25, -0.2) is 9.97 Å². The highest BCUT2D eigenvalue weighted by atomic mass is 16.5. The summed E-state index contributed by atoms with van der Waals surface area (Å²) in [5, 5.41) is 5.98. The number of ether oxygens (including phenoxy) is 1. The highest BCUT2D eigenvalue weighted by molar-refractivity contribution is 5.86. The van der Waals surface area contributed by atoms with E-state index in [9.17, 15) is 4.79 Å². The van der Waals surface area contributed by atoms with E-state index in [1.54, 1.807) is 0 Å². The zero-order chi connectivity index (χ0) is 15.4. The molecule has 7 heteroatoms. The Morgan fingerprint density at radius 2 is 2.24 bits per heavy atom. The van der Waals surface area contributed by atoms with E-state index < -0.39 is 0 Å². The van der Waals surface area contributed by atoms with Gasteiger partial charge in [0.2, 0.25) is 5.91 Å². The van der Waals surface area contributed by atoms with Gasteiger partial charge in [0.05, 0.1) is 13.2 Å². The summed E-state index contributed by atoms with van der Waals surface area (Å²) >= 11 is 0. The molecule has 0 radical (unpaired) electrons. The topological polar surface area (TPSA) is 79.4 Å². The van der Waals surface area contributed by atoms with Crippen LogP contribution in [0.15, 0.2) is 6.33 Å².